The molecule has 20 heavy (non-hydrogen) atoms. The Balaban J connectivity index is 2.28. The first-order valence-corrected chi connectivity index (χ1v) is 7.15. The standard InChI is InChI=1S/C10H11BrN6O2S/c1-5-8(17(18)19)9(15-10(14-5)16-12)13-3-7-2-6(11)4-20-7/h2,4H,3,12H2,1H3,(H2,13,14,15,16). The van der Waals surface area contributed by atoms with Gasteiger partial charge in [-0.15, -0.1) is 11.3 Å². The summed E-state index contributed by atoms with van der Waals surface area (Å²) in [4.78, 5) is 19.5. The van der Waals surface area contributed by atoms with Crippen LogP contribution in [0.25, 0.3) is 0 Å². The predicted octanol–water partition coefficient (Wildman–Crippen LogP) is 2.41. The molecule has 2 aromatic rings. The van der Waals surface area contributed by atoms with E-state index < -0.39 is 4.92 Å². The molecule has 0 spiro atoms. The lowest BCUT2D eigenvalue weighted by atomic mass is 10.3. The lowest BCUT2D eigenvalue weighted by Gasteiger charge is -2.08. The van der Waals surface area contributed by atoms with Crippen LogP contribution in [0, 0.1) is 17.0 Å². The molecule has 10 heteroatoms. The number of hydrogen-bond donors (Lipinski definition) is 3. The van der Waals surface area contributed by atoms with Crippen LogP contribution in [0.5, 0.6) is 0 Å². The van der Waals surface area contributed by atoms with Crippen LogP contribution in [0.15, 0.2) is 15.9 Å². The van der Waals surface area contributed by atoms with Crippen LogP contribution in [0.1, 0.15) is 10.6 Å². The fourth-order valence-corrected chi connectivity index (χ4v) is 2.98. The number of rotatable bonds is 5. The number of nitrogens with one attached hydrogen (secondary N) is 2. The number of halogens is 1. The van der Waals surface area contributed by atoms with Crippen LogP contribution in [0.2, 0.25) is 0 Å². The maximum absolute atomic E-state index is 11.1. The Hall–Kier alpha value is -1.78. The summed E-state index contributed by atoms with van der Waals surface area (Å²) in [6, 6.07) is 1.93. The van der Waals surface area contributed by atoms with Gasteiger partial charge in [0.05, 0.1) is 11.5 Å². The van der Waals surface area contributed by atoms with E-state index in [0.29, 0.717) is 6.54 Å². The van der Waals surface area contributed by atoms with Crippen LogP contribution in [-0.2, 0) is 6.54 Å². The highest BCUT2D eigenvalue weighted by Gasteiger charge is 2.21. The van der Waals surface area contributed by atoms with Gasteiger partial charge in [0.2, 0.25) is 11.8 Å². The first kappa shape index (κ1) is 14.6. The van der Waals surface area contributed by atoms with Gasteiger partial charge in [0.15, 0.2) is 0 Å². The molecule has 0 unspecified atom stereocenters. The van der Waals surface area contributed by atoms with E-state index in [0.717, 1.165) is 9.35 Å². The number of thiophene rings is 1. The molecule has 0 aromatic carbocycles. The van der Waals surface area contributed by atoms with E-state index in [1.807, 2.05) is 11.4 Å². The molecule has 2 rings (SSSR count). The van der Waals surface area contributed by atoms with Gasteiger partial charge in [0.25, 0.3) is 0 Å². The quantitative estimate of drug-likeness (QED) is 0.426. The zero-order chi connectivity index (χ0) is 14.7. The molecule has 2 aromatic heterocycles. The molecule has 0 bridgehead atoms. The second kappa shape index (κ2) is 6.11. The summed E-state index contributed by atoms with van der Waals surface area (Å²) in [5, 5.41) is 16.0. The second-order valence-electron chi connectivity index (χ2n) is 3.82. The molecule has 0 radical (unpaired) electrons. The number of aromatic nitrogens is 2. The number of nitrogen functional groups attached to an aromatic ring is 1. The van der Waals surface area contributed by atoms with Crippen molar-refractivity contribution in [3.8, 4) is 0 Å². The monoisotopic (exact) mass is 358 g/mol. The second-order valence-corrected chi connectivity index (χ2v) is 5.73. The van der Waals surface area contributed by atoms with Crippen molar-refractivity contribution in [1.29, 1.82) is 0 Å². The number of hydrogen-bond acceptors (Lipinski definition) is 8. The Kier molecular flexibility index (Phi) is 4.47. The zero-order valence-electron chi connectivity index (χ0n) is 10.4. The average molecular weight is 359 g/mol. The average Bonchev–Trinajstić information content (AvgIpc) is 2.81. The molecule has 0 atom stereocenters. The van der Waals surface area contributed by atoms with Crippen LogP contribution in [0.4, 0.5) is 17.5 Å². The van der Waals surface area contributed by atoms with Gasteiger partial charge in [-0.2, -0.15) is 4.98 Å². The first-order valence-electron chi connectivity index (χ1n) is 5.47. The number of nitrogens with two attached hydrogens (primary N) is 1. The van der Waals surface area contributed by atoms with E-state index in [-0.39, 0.29) is 23.1 Å². The van der Waals surface area contributed by atoms with Gasteiger partial charge in [-0.1, -0.05) is 0 Å². The summed E-state index contributed by atoms with van der Waals surface area (Å²) < 4.78 is 0.969. The van der Waals surface area contributed by atoms with Gasteiger partial charge in [-0.3, -0.25) is 15.5 Å². The molecule has 0 aliphatic heterocycles. The largest absolute Gasteiger partial charge is 0.359 e. The van der Waals surface area contributed by atoms with Crippen LogP contribution >= 0.6 is 27.3 Å². The minimum Gasteiger partial charge on any atom is -0.359 e. The summed E-state index contributed by atoms with van der Waals surface area (Å²) in [5.74, 6) is 5.51. The number of nitrogens with zero attached hydrogens (tertiary/aromatic N) is 3. The van der Waals surface area contributed by atoms with Crippen molar-refractivity contribution in [3.05, 3.63) is 36.6 Å². The van der Waals surface area contributed by atoms with Gasteiger partial charge in [0, 0.05) is 14.7 Å². The molecule has 0 saturated carbocycles. The van der Waals surface area contributed by atoms with Gasteiger partial charge < -0.3 is 5.32 Å². The Morgan fingerprint density at radius 1 is 1.55 bits per heavy atom. The van der Waals surface area contributed by atoms with Crippen molar-refractivity contribution in [1.82, 2.24) is 9.97 Å². The van der Waals surface area contributed by atoms with E-state index in [2.05, 4.69) is 36.6 Å². The molecule has 0 aliphatic rings. The third-order valence-electron chi connectivity index (χ3n) is 2.42. The Labute approximate surface area is 126 Å². The first-order chi connectivity index (χ1) is 9.51. The van der Waals surface area contributed by atoms with E-state index in [4.69, 9.17) is 5.84 Å². The van der Waals surface area contributed by atoms with Crippen molar-refractivity contribution in [2.24, 2.45) is 5.84 Å². The molecule has 0 amide bonds. The minimum atomic E-state index is -0.512. The van der Waals surface area contributed by atoms with E-state index in [1.54, 1.807) is 0 Å². The Bertz CT molecular complexity index is 647. The summed E-state index contributed by atoms with van der Waals surface area (Å²) in [6.45, 7) is 1.96. The van der Waals surface area contributed by atoms with E-state index >= 15 is 0 Å². The number of hydrazine groups is 1. The maximum Gasteiger partial charge on any atom is 0.332 e. The maximum atomic E-state index is 11.1. The van der Waals surface area contributed by atoms with Crippen molar-refractivity contribution in [2.45, 2.75) is 13.5 Å². The topological polar surface area (TPSA) is 119 Å². The lowest BCUT2D eigenvalue weighted by Crippen LogP contribution is -2.14. The highest BCUT2D eigenvalue weighted by molar-refractivity contribution is 9.10. The molecule has 106 valence electrons. The van der Waals surface area contributed by atoms with Crippen LogP contribution in [-0.4, -0.2) is 14.9 Å². The normalized spacial score (nSPS) is 10.3. The third kappa shape index (κ3) is 3.21. The number of anilines is 2. The van der Waals surface area contributed by atoms with Crippen molar-refractivity contribution in [2.75, 3.05) is 10.7 Å². The molecule has 0 aliphatic carbocycles. The van der Waals surface area contributed by atoms with E-state index in [1.165, 1.54) is 18.3 Å². The summed E-state index contributed by atoms with van der Waals surface area (Å²) >= 11 is 4.89. The zero-order valence-corrected chi connectivity index (χ0v) is 12.8. The minimum absolute atomic E-state index is 0.128. The van der Waals surface area contributed by atoms with E-state index in [9.17, 15) is 10.1 Å². The van der Waals surface area contributed by atoms with Gasteiger partial charge in [-0.05, 0) is 28.9 Å². The van der Waals surface area contributed by atoms with Crippen molar-refractivity contribution < 1.29 is 4.92 Å². The number of aryl methyl sites for hydroxylation is 1. The van der Waals surface area contributed by atoms with Crippen LogP contribution < -0.4 is 16.6 Å². The Morgan fingerprint density at radius 2 is 2.30 bits per heavy atom. The Morgan fingerprint density at radius 3 is 2.85 bits per heavy atom. The van der Waals surface area contributed by atoms with Gasteiger partial charge in [-0.25, -0.2) is 10.8 Å². The highest BCUT2D eigenvalue weighted by Crippen LogP contribution is 2.27. The summed E-state index contributed by atoms with van der Waals surface area (Å²) in [6.07, 6.45) is 0. The predicted molar refractivity (Wildman–Crippen MR) is 80.6 cm³/mol. The van der Waals surface area contributed by atoms with Gasteiger partial charge >= 0.3 is 5.69 Å². The molecule has 2 heterocycles. The third-order valence-corrected chi connectivity index (χ3v) is 4.12. The van der Waals surface area contributed by atoms with Crippen LogP contribution in [0.3, 0.4) is 0 Å². The molecule has 0 fully saturated rings. The fraction of sp³-hybridized carbons (Fsp3) is 0.200. The van der Waals surface area contributed by atoms with Crippen molar-refractivity contribution >= 4 is 44.7 Å². The molecule has 8 nitrogen and oxygen atoms in total. The molecular weight excluding hydrogens is 348 g/mol. The fourth-order valence-electron chi connectivity index (χ4n) is 1.59. The smallest absolute Gasteiger partial charge is 0.332 e. The SMILES string of the molecule is Cc1nc(NN)nc(NCc2cc(Br)cs2)c1[N+](=O)[O-]. The molecule has 0 saturated heterocycles. The number of nitro groups is 1. The summed E-state index contributed by atoms with van der Waals surface area (Å²) in [5.41, 5.74) is 2.38. The lowest BCUT2D eigenvalue weighted by molar-refractivity contribution is -0.385. The highest BCUT2D eigenvalue weighted by atomic mass is 79.9. The molecule has 4 N–H and O–H groups in total. The van der Waals surface area contributed by atoms with Gasteiger partial charge in [0.1, 0.15) is 5.69 Å². The molecular formula is C10H11BrN6O2S. The van der Waals surface area contributed by atoms with Crippen molar-refractivity contribution in [3.63, 3.8) is 0 Å². The summed E-state index contributed by atoms with van der Waals surface area (Å²) in [7, 11) is 0.